The lowest BCUT2D eigenvalue weighted by molar-refractivity contribution is 0.122. The van der Waals surface area contributed by atoms with Crippen LogP contribution in [0.5, 0.6) is 0 Å². The molecule has 0 bridgehead atoms. The molecule has 0 spiro atoms. The number of ether oxygens (including phenoxy) is 1. The van der Waals surface area contributed by atoms with Crippen LogP contribution in [0.2, 0.25) is 0 Å². The maximum absolute atomic E-state index is 5.43. The standard InChI is InChI=1S/C17H21N9O/c1-4-18-15(20-14(1)24-9-11-27-12-10-24)13-2-6-25(7-3-13)16-17-21-22-23-26(17)8-5-19-16/h1,4-5,8,13H,2-3,6-7,9-12H2. The highest BCUT2D eigenvalue weighted by molar-refractivity contribution is 5.62. The number of hydrogen-bond donors (Lipinski definition) is 0. The van der Waals surface area contributed by atoms with Crippen molar-refractivity contribution < 1.29 is 4.74 Å². The number of anilines is 2. The van der Waals surface area contributed by atoms with Gasteiger partial charge in [-0.3, -0.25) is 0 Å². The van der Waals surface area contributed by atoms with Crippen LogP contribution in [0.3, 0.4) is 0 Å². The monoisotopic (exact) mass is 367 g/mol. The number of fused-ring (bicyclic) bond motifs is 1. The van der Waals surface area contributed by atoms with E-state index in [1.54, 1.807) is 16.9 Å². The molecule has 27 heavy (non-hydrogen) atoms. The van der Waals surface area contributed by atoms with E-state index in [2.05, 4.69) is 35.3 Å². The minimum absolute atomic E-state index is 0.359. The van der Waals surface area contributed by atoms with E-state index >= 15 is 0 Å². The number of aromatic nitrogens is 7. The van der Waals surface area contributed by atoms with Gasteiger partial charge >= 0.3 is 0 Å². The molecule has 3 aromatic rings. The molecular weight excluding hydrogens is 346 g/mol. The summed E-state index contributed by atoms with van der Waals surface area (Å²) in [5, 5.41) is 11.8. The second-order valence-electron chi connectivity index (χ2n) is 6.83. The predicted molar refractivity (Wildman–Crippen MR) is 97.8 cm³/mol. The lowest BCUT2D eigenvalue weighted by Gasteiger charge is -2.32. The molecule has 0 saturated carbocycles. The van der Waals surface area contributed by atoms with E-state index in [0.717, 1.165) is 69.7 Å². The smallest absolute Gasteiger partial charge is 0.221 e. The van der Waals surface area contributed by atoms with E-state index in [1.807, 2.05) is 12.3 Å². The third kappa shape index (κ3) is 3.16. The van der Waals surface area contributed by atoms with E-state index < -0.39 is 0 Å². The molecule has 2 aliphatic rings. The normalized spacial score (nSPS) is 19.0. The topological polar surface area (TPSA) is 97.5 Å². The Morgan fingerprint density at radius 2 is 1.81 bits per heavy atom. The number of nitrogens with zero attached hydrogens (tertiary/aromatic N) is 9. The van der Waals surface area contributed by atoms with Crippen molar-refractivity contribution in [3.8, 4) is 0 Å². The van der Waals surface area contributed by atoms with Crippen LogP contribution in [0.1, 0.15) is 24.6 Å². The van der Waals surface area contributed by atoms with Crippen LogP contribution >= 0.6 is 0 Å². The third-order valence-electron chi connectivity index (χ3n) is 5.25. The Bertz CT molecular complexity index is 915. The number of tetrazole rings is 1. The van der Waals surface area contributed by atoms with Crippen LogP contribution < -0.4 is 9.80 Å². The van der Waals surface area contributed by atoms with Gasteiger partial charge in [0.15, 0.2) is 5.82 Å². The predicted octanol–water partition coefficient (Wildman–Crippen LogP) is 0.530. The number of rotatable bonds is 3. The Morgan fingerprint density at radius 3 is 2.67 bits per heavy atom. The number of piperidine rings is 1. The molecule has 0 N–H and O–H groups in total. The van der Waals surface area contributed by atoms with Gasteiger partial charge in [-0.25, -0.2) is 15.0 Å². The van der Waals surface area contributed by atoms with E-state index in [9.17, 15) is 0 Å². The van der Waals surface area contributed by atoms with E-state index in [1.165, 1.54) is 0 Å². The Hall–Kier alpha value is -2.88. The molecule has 3 aromatic heterocycles. The van der Waals surface area contributed by atoms with Gasteiger partial charge < -0.3 is 14.5 Å². The highest BCUT2D eigenvalue weighted by Gasteiger charge is 2.26. The van der Waals surface area contributed by atoms with Gasteiger partial charge in [-0.05, 0) is 29.3 Å². The first kappa shape index (κ1) is 16.3. The molecule has 0 unspecified atom stereocenters. The van der Waals surface area contributed by atoms with Gasteiger partial charge in [0.25, 0.3) is 0 Å². The minimum atomic E-state index is 0.359. The first-order chi connectivity index (χ1) is 13.4. The quantitative estimate of drug-likeness (QED) is 0.656. The zero-order chi connectivity index (χ0) is 18.1. The molecule has 0 atom stereocenters. The second kappa shape index (κ2) is 7.03. The van der Waals surface area contributed by atoms with Gasteiger partial charge in [0, 0.05) is 44.5 Å². The van der Waals surface area contributed by atoms with Crippen LogP contribution in [0.15, 0.2) is 24.7 Å². The first-order valence-corrected chi connectivity index (χ1v) is 9.32. The van der Waals surface area contributed by atoms with E-state index in [-0.39, 0.29) is 0 Å². The van der Waals surface area contributed by atoms with Crippen molar-refractivity contribution in [2.75, 3.05) is 49.2 Å². The summed E-state index contributed by atoms with van der Waals surface area (Å²) in [5.41, 5.74) is 0.696. The Labute approximate surface area is 156 Å². The van der Waals surface area contributed by atoms with Gasteiger partial charge in [-0.2, -0.15) is 4.52 Å². The summed E-state index contributed by atoms with van der Waals surface area (Å²) < 4.78 is 7.09. The van der Waals surface area contributed by atoms with Crippen molar-refractivity contribution in [2.45, 2.75) is 18.8 Å². The second-order valence-corrected chi connectivity index (χ2v) is 6.83. The lowest BCUT2D eigenvalue weighted by Crippen LogP contribution is -2.37. The van der Waals surface area contributed by atoms with Gasteiger partial charge in [-0.1, -0.05) is 0 Å². The zero-order valence-electron chi connectivity index (χ0n) is 15.0. The molecule has 0 aromatic carbocycles. The number of morpholine rings is 1. The van der Waals surface area contributed by atoms with Crippen LogP contribution in [0, 0.1) is 0 Å². The molecule has 140 valence electrons. The zero-order valence-corrected chi connectivity index (χ0v) is 15.0. The highest BCUT2D eigenvalue weighted by Crippen LogP contribution is 2.29. The summed E-state index contributed by atoms with van der Waals surface area (Å²) in [7, 11) is 0. The summed E-state index contributed by atoms with van der Waals surface area (Å²) in [4.78, 5) is 18.4. The maximum atomic E-state index is 5.43. The molecule has 10 heteroatoms. The van der Waals surface area contributed by atoms with Gasteiger partial charge in [0.2, 0.25) is 5.65 Å². The third-order valence-corrected chi connectivity index (χ3v) is 5.25. The fraction of sp³-hybridized carbons (Fsp3) is 0.529. The van der Waals surface area contributed by atoms with Crippen molar-refractivity contribution in [3.63, 3.8) is 0 Å². The molecule has 5 heterocycles. The van der Waals surface area contributed by atoms with E-state index in [4.69, 9.17) is 9.72 Å². The fourth-order valence-corrected chi connectivity index (χ4v) is 3.77. The summed E-state index contributed by atoms with van der Waals surface area (Å²) in [6.07, 6.45) is 7.34. The van der Waals surface area contributed by atoms with Crippen LogP contribution in [-0.2, 0) is 4.74 Å². The molecule has 5 rings (SSSR count). The largest absolute Gasteiger partial charge is 0.378 e. The summed E-state index contributed by atoms with van der Waals surface area (Å²) in [6.45, 7) is 5.06. The molecular formula is C17H21N9O. The summed E-state index contributed by atoms with van der Waals surface area (Å²) >= 11 is 0. The van der Waals surface area contributed by atoms with Crippen LogP contribution in [-0.4, -0.2) is 74.4 Å². The average molecular weight is 367 g/mol. The van der Waals surface area contributed by atoms with Crippen molar-refractivity contribution in [1.29, 1.82) is 0 Å². The Kier molecular flexibility index (Phi) is 4.24. The van der Waals surface area contributed by atoms with Crippen molar-refractivity contribution >= 4 is 17.3 Å². The molecule has 0 radical (unpaired) electrons. The average Bonchev–Trinajstić information content (AvgIpc) is 3.24. The molecule has 2 fully saturated rings. The van der Waals surface area contributed by atoms with Gasteiger partial charge in [0.05, 0.1) is 19.4 Å². The first-order valence-electron chi connectivity index (χ1n) is 9.32. The lowest BCUT2D eigenvalue weighted by atomic mass is 9.96. The molecule has 10 nitrogen and oxygen atoms in total. The van der Waals surface area contributed by atoms with E-state index in [0.29, 0.717) is 11.6 Å². The molecule has 0 amide bonds. The summed E-state index contributed by atoms with van der Waals surface area (Å²) in [6, 6.07) is 1.99. The molecule has 0 aliphatic carbocycles. The molecule has 2 saturated heterocycles. The Balaban J connectivity index is 1.30. The van der Waals surface area contributed by atoms with Crippen LogP contribution in [0.4, 0.5) is 11.6 Å². The molecule has 2 aliphatic heterocycles. The highest BCUT2D eigenvalue weighted by atomic mass is 16.5. The van der Waals surface area contributed by atoms with Crippen LogP contribution in [0.25, 0.3) is 5.65 Å². The van der Waals surface area contributed by atoms with Crippen molar-refractivity contribution in [1.82, 2.24) is 35.0 Å². The minimum Gasteiger partial charge on any atom is -0.378 e. The SMILES string of the molecule is c1cc(N2CCOCC2)nc(C2CCN(c3nccn4nnnc34)CC2)n1. The van der Waals surface area contributed by atoms with Gasteiger partial charge in [0.1, 0.15) is 11.6 Å². The van der Waals surface area contributed by atoms with Crippen molar-refractivity contribution in [3.05, 3.63) is 30.5 Å². The van der Waals surface area contributed by atoms with Gasteiger partial charge in [-0.15, -0.1) is 5.10 Å². The maximum Gasteiger partial charge on any atom is 0.221 e. The van der Waals surface area contributed by atoms with Crippen molar-refractivity contribution in [2.24, 2.45) is 0 Å². The number of hydrogen-bond acceptors (Lipinski definition) is 9. The summed E-state index contributed by atoms with van der Waals surface area (Å²) in [5.74, 6) is 3.14. The fourth-order valence-electron chi connectivity index (χ4n) is 3.77. The Morgan fingerprint density at radius 1 is 0.963 bits per heavy atom.